The van der Waals surface area contributed by atoms with Crippen LogP contribution in [0, 0.1) is 11.8 Å². The van der Waals surface area contributed by atoms with E-state index in [1.165, 1.54) is 28.0 Å². The molecule has 5 rings (SSSR count). The fourth-order valence-electron chi connectivity index (χ4n) is 4.69. The van der Waals surface area contributed by atoms with Crippen molar-refractivity contribution < 1.29 is 24.4 Å². The summed E-state index contributed by atoms with van der Waals surface area (Å²) in [4.78, 5) is 31.0. The normalized spacial score (nSPS) is 23.6. The molecule has 166 valence electrons. The molecule has 0 unspecified atom stereocenters. The van der Waals surface area contributed by atoms with Gasteiger partial charge in [0.2, 0.25) is 12.2 Å². The van der Waals surface area contributed by atoms with E-state index in [1.54, 1.807) is 6.92 Å². The van der Waals surface area contributed by atoms with Crippen molar-refractivity contribution in [2.45, 2.75) is 36.9 Å². The molecule has 0 aliphatic carbocycles. The molecule has 1 amide bonds. The number of carboxylic acid groups (broad SMARTS) is 1. The zero-order chi connectivity index (χ0) is 22.7. The van der Waals surface area contributed by atoms with Crippen LogP contribution < -0.4 is 9.67 Å². The summed E-state index contributed by atoms with van der Waals surface area (Å²) in [5.41, 5.74) is 1.90. The van der Waals surface area contributed by atoms with Gasteiger partial charge in [-0.05, 0) is 13.0 Å². The van der Waals surface area contributed by atoms with E-state index in [4.69, 9.17) is 4.98 Å². The molecule has 8 nitrogen and oxygen atoms in total. The number of β-lactam (4-membered cyclic amide) rings is 1. The van der Waals surface area contributed by atoms with Gasteiger partial charge < -0.3 is 19.9 Å². The molecule has 1 fully saturated rings. The van der Waals surface area contributed by atoms with Crippen molar-refractivity contribution in [2.24, 2.45) is 18.9 Å². The highest BCUT2D eigenvalue weighted by Gasteiger charge is 2.58. The molecule has 0 radical (unpaired) electrons. The van der Waals surface area contributed by atoms with Crippen LogP contribution in [0.2, 0.25) is 0 Å². The number of fused-ring (bicyclic) bond motifs is 2. The molecule has 0 bridgehead atoms. The number of thiazole rings is 1. The predicted octanol–water partition coefficient (Wildman–Crippen LogP) is 0.882. The molecule has 0 spiro atoms. The molecule has 4 atom stereocenters. The number of rotatable bonds is 6. The predicted molar refractivity (Wildman–Crippen MR) is 117 cm³/mol. The smallest absolute Gasteiger partial charge is 0.243 e. The summed E-state index contributed by atoms with van der Waals surface area (Å²) in [5.74, 6) is -2.56. The molecule has 32 heavy (non-hydrogen) atoms. The highest BCUT2D eigenvalue weighted by Crippen LogP contribution is 2.52. The van der Waals surface area contributed by atoms with Gasteiger partial charge >= 0.3 is 0 Å². The van der Waals surface area contributed by atoms with Crippen LogP contribution in [0.3, 0.4) is 0 Å². The first-order chi connectivity index (χ1) is 15.3. The summed E-state index contributed by atoms with van der Waals surface area (Å²) < 4.78 is 5.84. The number of nitrogens with zero attached hydrogens (tertiary/aromatic N) is 4. The number of carbonyl (C=O) groups excluding carboxylic acids is 2. The third-order valence-corrected chi connectivity index (χ3v) is 8.65. The summed E-state index contributed by atoms with van der Waals surface area (Å²) in [6.07, 6.45) is 5.16. The Kier molecular flexibility index (Phi) is 5.11. The van der Waals surface area contributed by atoms with E-state index in [-0.39, 0.29) is 23.6 Å². The van der Waals surface area contributed by atoms with Crippen LogP contribution in [-0.2, 0) is 23.2 Å². The van der Waals surface area contributed by atoms with Crippen LogP contribution in [0.4, 0.5) is 0 Å². The molecule has 0 saturated carbocycles. The number of aromatic nitrogens is 3. The maximum absolute atomic E-state index is 12.5. The lowest BCUT2D eigenvalue weighted by atomic mass is 9.79. The summed E-state index contributed by atoms with van der Waals surface area (Å²) >= 11 is 2.80. The largest absolute Gasteiger partial charge is 0.543 e. The Bertz CT molecular complexity index is 1280. The quantitative estimate of drug-likeness (QED) is 0.424. The van der Waals surface area contributed by atoms with Crippen LogP contribution in [0.1, 0.15) is 19.4 Å². The number of imidazole rings is 1. The summed E-state index contributed by atoms with van der Waals surface area (Å²) in [6.45, 7) is 4.16. The molecule has 2 aliphatic rings. The van der Waals surface area contributed by atoms with Crippen LogP contribution in [-0.4, -0.2) is 43.6 Å². The number of amides is 1. The van der Waals surface area contributed by atoms with Gasteiger partial charge in [0, 0.05) is 16.4 Å². The van der Waals surface area contributed by atoms with E-state index in [0.29, 0.717) is 11.4 Å². The SMILES string of the molecule is C[C@@H](O)[C@H]1C(=O)N2C(C(=O)[O-])=C(Sc3nc4cccc(Cn5cc[n+](C)c5)c4s3)[C@H](C)[C@H]12. The van der Waals surface area contributed by atoms with Gasteiger partial charge in [0.25, 0.3) is 0 Å². The highest BCUT2D eigenvalue weighted by molar-refractivity contribution is 8.04. The maximum Gasteiger partial charge on any atom is 0.243 e. The van der Waals surface area contributed by atoms with Crippen molar-refractivity contribution in [3.05, 3.63) is 53.1 Å². The van der Waals surface area contributed by atoms with E-state index < -0.39 is 18.0 Å². The fourth-order valence-corrected chi connectivity index (χ4v) is 7.11. The second kappa shape index (κ2) is 7.72. The molecular formula is C22H22N4O4S2. The zero-order valence-electron chi connectivity index (χ0n) is 17.8. The van der Waals surface area contributed by atoms with E-state index in [9.17, 15) is 19.8 Å². The number of carbonyl (C=O) groups is 2. The lowest BCUT2D eigenvalue weighted by Crippen LogP contribution is -2.64. The number of hydrogen-bond donors (Lipinski definition) is 1. The van der Waals surface area contributed by atoms with Crippen LogP contribution in [0.15, 0.2) is 51.9 Å². The monoisotopic (exact) mass is 470 g/mol. The van der Waals surface area contributed by atoms with Gasteiger partial charge in [-0.15, -0.1) is 11.3 Å². The van der Waals surface area contributed by atoms with Gasteiger partial charge in [0.15, 0.2) is 4.34 Å². The van der Waals surface area contributed by atoms with Gasteiger partial charge in [-0.1, -0.05) is 30.8 Å². The minimum Gasteiger partial charge on any atom is -0.543 e. The van der Waals surface area contributed by atoms with Crippen LogP contribution >= 0.6 is 23.1 Å². The number of aliphatic hydroxyl groups is 1. The van der Waals surface area contributed by atoms with Gasteiger partial charge in [-0.2, -0.15) is 0 Å². The van der Waals surface area contributed by atoms with Crippen molar-refractivity contribution >= 4 is 45.2 Å². The molecule has 2 aromatic heterocycles. The van der Waals surface area contributed by atoms with Gasteiger partial charge in [-0.25, -0.2) is 14.1 Å². The Labute approximate surface area is 192 Å². The Morgan fingerprint density at radius 1 is 1.44 bits per heavy atom. The number of aliphatic carboxylic acids is 1. The topological polar surface area (TPSA) is 102 Å². The molecule has 10 heteroatoms. The third-order valence-electron chi connectivity index (χ3n) is 6.15. The molecule has 1 aromatic carbocycles. The van der Waals surface area contributed by atoms with E-state index >= 15 is 0 Å². The third kappa shape index (κ3) is 3.25. The van der Waals surface area contributed by atoms with Crippen molar-refractivity contribution in [3.8, 4) is 0 Å². The first-order valence-corrected chi connectivity index (χ1v) is 11.9. The highest BCUT2D eigenvalue weighted by atomic mass is 32.2. The number of thioether (sulfide) groups is 1. The molecular weight excluding hydrogens is 448 g/mol. The Morgan fingerprint density at radius 2 is 2.22 bits per heavy atom. The first kappa shape index (κ1) is 21.2. The molecule has 1 saturated heterocycles. The molecule has 4 heterocycles. The second-order valence-corrected chi connectivity index (χ2v) is 10.6. The number of aryl methyl sites for hydroxylation is 1. The van der Waals surface area contributed by atoms with Crippen molar-refractivity contribution in [1.82, 2.24) is 14.5 Å². The summed E-state index contributed by atoms with van der Waals surface area (Å²) in [6, 6.07) is 5.62. The van der Waals surface area contributed by atoms with Crippen LogP contribution in [0.25, 0.3) is 10.2 Å². The maximum atomic E-state index is 12.5. The number of hydrogen-bond acceptors (Lipinski definition) is 7. The lowest BCUT2D eigenvalue weighted by Gasteiger charge is -2.47. The lowest BCUT2D eigenvalue weighted by molar-refractivity contribution is -0.671. The standard InChI is InChI=1S/C22H22N4O4S2/c1-11-16-15(12(2)27)20(28)26(16)17(21(29)30)18(11)31-22-23-14-6-4-5-13(19(14)32-22)9-25-8-7-24(3)10-25/h4-8,10-12,15-16,27H,9H2,1-3H3/t11-,12-,15-,16-/m1/s1. The second-order valence-electron chi connectivity index (χ2n) is 8.35. The molecule has 1 N–H and O–H groups in total. The first-order valence-electron chi connectivity index (χ1n) is 10.3. The Hall–Kier alpha value is -2.69. The minimum absolute atomic E-state index is 0.0891. The number of aliphatic hydroxyl groups excluding tert-OH is 1. The fraction of sp³-hybridized carbons (Fsp3) is 0.364. The van der Waals surface area contributed by atoms with E-state index in [1.807, 2.05) is 49.4 Å². The minimum atomic E-state index is -1.37. The summed E-state index contributed by atoms with van der Waals surface area (Å²) in [5, 5.41) is 21.9. The number of carboxylic acids is 1. The average molecular weight is 471 g/mol. The van der Waals surface area contributed by atoms with Gasteiger partial charge in [0.05, 0.1) is 47.0 Å². The molecule has 3 aromatic rings. The number of benzene rings is 1. The van der Waals surface area contributed by atoms with Gasteiger partial charge in [-0.3, -0.25) is 4.79 Å². The Morgan fingerprint density at radius 3 is 2.88 bits per heavy atom. The van der Waals surface area contributed by atoms with Crippen LogP contribution in [0.5, 0.6) is 0 Å². The van der Waals surface area contributed by atoms with Gasteiger partial charge in [0.1, 0.15) is 18.9 Å². The average Bonchev–Trinajstić information content (AvgIpc) is 3.38. The molecule has 2 aliphatic heterocycles. The summed E-state index contributed by atoms with van der Waals surface area (Å²) in [7, 11) is 1.97. The zero-order valence-corrected chi connectivity index (χ0v) is 19.4. The van der Waals surface area contributed by atoms with Crippen molar-refractivity contribution in [1.29, 1.82) is 0 Å². The van der Waals surface area contributed by atoms with E-state index in [0.717, 1.165) is 20.1 Å². The van der Waals surface area contributed by atoms with E-state index in [2.05, 4.69) is 10.6 Å². The Balaban J connectivity index is 1.48. The van der Waals surface area contributed by atoms with Crippen molar-refractivity contribution in [2.75, 3.05) is 0 Å². The van der Waals surface area contributed by atoms with Crippen molar-refractivity contribution in [3.63, 3.8) is 0 Å².